The third-order valence-electron chi connectivity index (χ3n) is 3.21. The molecule has 0 radical (unpaired) electrons. The van der Waals surface area contributed by atoms with Crippen LogP contribution in [0.15, 0.2) is 29.2 Å². The quantitative estimate of drug-likeness (QED) is 0.860. The fourth-order valence-corrected chi connectivity index (χ4v) is 3.36. The first-order chi connectivity index (χ1) is 9.09. The van der Waals surface area contributed by atoms with Gasteiger partial charge in [-0.05, 0) is 18.6 Å². The maximum atomic E-state index is 12.1. The van der Waals surface area contributed by atoms with Crippen LogP contribution in [0.5, 0.6) is 0 Å². The lowest BCUT2D eigenvalue weighted by molar-refractivity contribution is 0.0390. The first kappa shape index (κ1) is 14.5. The summed E-state index contributed by atoms with van der Waals surface area (Å²) in [4.78, 5) is 2.56. The van der Waals surface area contributed by atoms with Crippen LogP contribution in [0.25, 0.3) is 0 Å². The number of hydrogen-bond acceptors (Lipinski definition) is 4. The minimum absolute atomic E-state index is 0.358. The Morgan fingerprint density at radius 2 is 1.95 bits per heavy atom. The SMILES string of the molecule is Cc1ccccc1S(=O)(=O)NCCN1CCOCC1. The minimum atomic E-state index is -3.40. The number of sulfonamides is 1. The van der Waals surface area contributed by atoms with Gasteiger partial charge < -0.3 is 4.74 Å². The molecule has 1 aromatic carbocycles. The van der Waals surface area contributed by atoms with Crippen molar-refractivity contribution >= 4 is 10.0 Å². The zero-order valence-electron chi connectivity index (χ0n) is 11.1. The molecule has 0 amide bonds. The zero-order valence-corrected chi connectivity index (χ0v) is 11.9. The van der Waals surface area contributed by atoms with Crippen molar-refractivity contribution in [3.05, 3.63) is 29.8 Å². The average molecular weight is 284 g/mol. The highest BCUT2D eigenvalue weighted by atomic mass is 32.2. The Morgan fingerprint density at radius 3 is 2.63 bits per heavy atom. The molecule has 106 valence electrons. The van der Waals surface area contributed by atoms with E-state index in [9.17, 15) is 8.42 Å². The molecule has 0 atom stereocenters. The summed E-state index contributed by atoms with van der Waals surface area (Å²) in [6.45, 7) is 6.13. The number of hydrogen-bond donors (Lipinski definition) is 1. The number of nitrogens with one attached hydrogen (secondary N) is 1. The van der Waals surface area contributed by atoms with Crippen molar-refractivity contribution < 1.29 is 13.2 Å². The lowest BCUT2D eigenvalue weighted by Gasteiger charge is -2.26. The lowest BCUT2D eigenvalue weighted by Crippen LogP contribution is -2.41. The predicted octanol–water partition coefficient (Wildman–Crippen LogP) is 0.606. The molecular formula is C13H20N2O3S. The van der Waals surface area contributed by atoms with Gasteiger partial charge in [0.1, 0.15) is 0 Å². The highest BCUT2D eigenvalue weighted by molar-refractivity contribution is 7.89. The van der Waals surface area contributed by atoms with Crippen LogP contribution in [0.1, 0.15) is 5.56 Å². The van der Waals surface area contributed by atoms with Gasteiger partial charge in [-0.15, -0.1) is 0 Å². The molecule has 0 spiro atoms. The van der Waals surface area contributed by atoms with Crippen molar-refractivity contribution in [3.8, 4) is 0 Å². The maximum absolute atomic E-state index is 12.1. The van der Waals surface area contributed by atoms with Crippen LogP contribution < -0.4 is 4.72 Å². The predicted molar refractivity (Wildman–Crippen MR) is 73.6 cm³/mol. The standard InChI is InChI=1S/C13H20N2O3S/c1-12-4-2-3-5-13(12)19(16,17)14-6-7-15-8-10-18-11-9-15/h2-5,14H,6-11H2,1H3. The van der Waals surface area contributed by atoms with Crippen LogP contribution in [0.3, 0.4) is 0 Å². The number of nitrogens with zero attached hydrogens (tertiary/aromatic N) is 1. The van der Waals surface area contributed by atoms with Crippen LogP contribution >= 0.6 is 0 Å². The second-order valence-electron chi connectivity index (χ2n) is 4.62. The highest BCUT2D eigenvalue weighted by Crippen LogP contribution is 2.13. The van der Waals surface area contributed by atoms with Gasteiger partial charge in [-0.25, -0.2) is 13.1 Å². The van der Waals surface area contributed by atoms with Crippen LogP contribution in [-0.4, -0.2) is 52.7 Å². The normalized spacial score (nSPS) is 17.5. The largest absolute Gasteiger partial charge is 0.379 e. The third-order valence-corrected chi connectivity index (χ3v) is 4.83. The van der Waals surface area contributed by atoms with E-state index in [1.54, 1.807) is 25.1 Å². The summed E-state index contributed by atoms with van der Waals surface area (Å²) in [6, 6.07) is 7.01. The number of benzene rings is 1. The molecule has 1 aliphatic heterocycles. The molecule has 1 N–H and O–H groups in total. The first-order valence-corrected chi connectivity index (χ1v) is 7.93. The Kier molecular flexibility index (Phi) is 4.93. The smallest absolute Gasteiger partial charge is 0.240 e. The summed E-state index contributed by atoms with van der Waals surface area (Å²) in [5.74, 6) is 0. The Bertz CT molecular complexity index is 510. The van der Waals surface area contributed by atoms with Gasteiger partial charge in [0.25, 0.3) is 0 Å². The molecular weight excluding hydrogens is 264 g/mol. The molecule has 0 saturated carbocycles. The second kappa shape index (κ2) is 6.47. The molecule has 0 aromatic heterocycles. The molecule has 5 nitrogen and oxygen atoms in total. The van der Waals surface area contributed by atoms with Gasteiger partial charge in [0, 0.05) is 26.2 Å². The molecule has 1 aliphatic rings. The maximum Gasteiger partial charge on any atom is 0.240 e. The van der Waals surface area contributed by atoms with Crippen molar-refractivity contribution in [3.63, 3.8) is 0 Å². The van der Waals surface area contributed by atoms with E-state index in [0.717, 1.165) is 31.9 Å². The van der Waals surface area contributed by atoms with Gasteiger partial charge in [-0.2, -0.15) is 0 Å². The van der Waals surface area contributed by atoms with Crippen molar-refractivity contribution in [2.24, 2.45) is 0 Å². The molecule has 1 saturated heterocycles. The Hall–Kier alpha value is -0.950. The van der Waals surface area contributed by atoms with Gasteiger partial charge >= 0.3 is 0 Å². The van der Waals surface area contributed by atoms with Gasteiger partial charge in [-0.1, -0.05) is 18.2 Å². The summed E-state index contributed by atoms with van der Waals surface area (Å²) in [5.41, 5.74) is 0.765. The van der Waals surface area contributed by atoms with Crippen molar-refractivity contribution in [1.82, 2.24) is 9.62 Å². The number of morpholine rings is 1. The lowest BCUT2D eigenvalue weighted by atomic mass is 10.2. The Labute approximate surface area is 114 Å². The molecule has 0 unspecified atom stereocenters. The topological polar surface area (TPSA) is 58.6 Å². The second-order valence-corrected chi connectivity index (χ2v) is 6.35. The number of aryl methyl sites for hydroxylation is 1. The molecule has 0 bridgehead atoms. The highest BCUT2D eigenvalue weighted by Gasteiger charge is 2.16. The Balaban J connectivity index is 1.89. The Morgan fingerprint density at radius 1 is 1.26 bits per heavy atom. The summed E-state index contributed by atoms with van der Waals surface area (Å²) in [6.07, 6.45) is 0. The number of ether oxygens (including phenoxy) is 1. The van der Waals surface area contributed by atoms with E-state index in [1.807, 2.05) is 6.07 Å². The molecule has 19 heavy (non-hydrogen) atoms. The first-order valence-electron chi connectivity index (χ1n) is 6.45. The summed E-state index contributed by atoms with van der Waals surface area (Å²) >= 11 is 0. The van der Waals surface area contributed by atoms with Gasteiger partial charge in [0.15, 0.2) is 0 Å². The fraction of sp³-hybridized carbons (Fsp3) is 0.538. The summed E-state index contributed by atoms with van der Waals surface area (Å²) in [7, 11) is -3.40. The monoisotopic (exact) mass is 284 g/mol. The fourth-order valence-electron chi connectivity index (χ4n) is 2.10. The van der Waals surface area contributed by atoms with Crippen molar-refractivity contribution in [1.29, 1.82) is 0 Å². The van der Waals surface area contributed by atoms with E-state index < -0.39 is 10.0 Å². The third kappa shape index (κ3) is 4.01. The van der Waals surface area contributed by atoms with Crippen LogP contribution in [0, 0.1) is 6.92 Å². The van der Waals surface area contributed by atoms with E-state index >= 15 is 0 Å². The van der Waals surface area contributed by atoms with Crippen molar-refractivity contribution in [2.75, 3.05) is 39.4 Å². The van der Waals surface area contributed by atoms with E-state index in [2.05, 4.69) is 9.62 Å². The van der Waals surface area contributed by atoms with Gasteiger partial charge in [-0.3, -0.25) is 4.90 Å². The van der Waals surface area contributed by atoms with Crippen LogP contribution in [-0.2, 0) is 14.8 Å². The van der Waals surface area contributed by atoms with Crippen LogP contribution in [0.2, 0.25) is 0 Å². The molecule has 1 heterocycles. The van der Waals surface area contributed by atoms with Gasteiger partial charge in [0.05, 0.1) is 18.1 Å². The molecule has 6 heteroatoms. The van der Waals surface area contributed by atoms with E-state index in [1.165, 1.54) is 0 Å². The van der Waals surface area contributed by atoms with E-state index in [-0.39, 0.29) is 0 Å². The van der Waals surface area contributed by atoms with E-state index in [0.29, 0.717) is 18.0 Å². The molecule has 1 fully saturated rings. The molecule has 2 rings (SSSR count). The molecule has 0 aliphatic carbocycles. The molecule has 1 aromatic rings. The average Bonchev–Trinajstić information content (AvgIpc) is 2.40. The van der Waals surface area contributed by atoms with Gasteiger partial charge in [0.2, 0.25) is 10.0 Å². The zero-order chi connectivity index (χ0) is 13.7. The number of rotatable bonds is 5. The van der Waals surface area contributed by atoms with Crippen molar-refractivity contribution in [2.45, 2.75) is 11.8 Å². The summed E-state index contributed by atoms with van der Waals surface area (Å²) in [5, 5.41) is 0. The van der Waals surface area contributed by atoms with E-state index in [4.69, 9.17) is 4.74 Å². The summed E-state index contributed by atoms with van der Waals surface area (Å²) < 4.78 is 32.2. The van der Waals surface area contributed by atoms with Crippen LogP contribution in [0.4, 0.5) is 0 Å². The minimum Gasteiger partial charge on any atom is -0.379 e.